The molecule has 10 nitrogen and oxygen atoms in total. The zero-order chi connectivity index (χ0) is 36.0. The van der Waals surface area contributed by atoms with Gasteiger partial charge in [-0.2, -0.15) is 0 Å². The summed E-state index contributed by atoms with van der Waals surface area (Å²) in [6.07, 6.45) is 3.52. The average molecular weight is 689 g/mol. The predicted octanol–water partition coefficient (Wildman–Crippen LogP) is 7.69. The summed E-state index contributed by atoms with van der Waals surface area (Å²) in [6, 6.07) is 23.3. The number of ether oxygens (including phenoxy) is 1. The number of phenols is 2. The Labute approximate surface area is 292 Å². The van der Waals surface area contributed by atoms with Gasteiger partial charge in [0.15, 0.2) is 5.43 Å². The van der Waals surface area contributed by atoms with Crippen LogP contribution in [0.3, 0.4) is 0 Å². The Hall–Kier alpha value is -7.17. The van der Waals surface area contributed by atoms with E-state index >= 15 is 0 Å². The predicted molar refractivity (Wildman–Crippen MR) is 193 cm³/mol. The smallest absolute Gasteiger partial charge is 0.336 e. The first kappa shape index (κ1) is 30.9. The number of benzene rings is 6. The Morgan fingerprint density at radius 1 is 0.673 bits per heavy atom. The first-order valence-electron chi connectivity index (χ1n) is 16.1. The van der Waals surface area contributed by atoms with Gasteiger partial charge in [0.1, 0.15) is 34.4 Å². The molecular weight excluding hydrogens is 664 g/mol. The summed E-state index contributed by atoms with van der Waals surface area (Å²) in [5, 5.41) is 56.5. The lowest BCUT2D eigenvalue weighted by atomic mass is 9.80. The van der Waals surface area contributed by atoms with E-state index in [1.165, 1.54) is 54.6 Å². The molecule has 1 atom stereocenters. The van der Waals surface area contributed by atoms with Gasteiger partial charge in [0.05, 0.1) is 17.2 Å². The van der Waals surface area contributed by atoms with Gasteiger partial charge in [-0.05, 0) is 52.2 Å². The van der Waals surface area contributed by atoms with Crippen LogP contribution in [-0.4, -0.2) is 43.6 Å². The number of aromatic carboxylic acids is 2. The van der Waals surface area contributed by atoms with E-state index < -0.39 is 18.0 Å². The van der Waals surface area contributed by atoms with E-state index in [4.69, 9.17) is 9.15 Å². The first-order chi connectivity index (χ1) is 25.1. The molecule has 5 N–H and O–H groups in total. The van der Waals surface area contributed by atoms with E-state index in [1.54, 1.807) is 54.6 Å². The monoisotopic (exact) mass is 688 g/mol. The van der Waals surface area contributed by atoms with Crippen molar-refractivity contribution in [1.29, 1.82) is 0 Å². The molecule has 0 saturated heterocycles. The van der Waals surface area contributed by atoms with Crippen molar-refractivity contribution >= 4 is 50.0 Å². The summed E-state index contributed by atoms with van der Waals surface area (Å²) in [7, 11) is 0. The van der Waals surface area contributed by atoms with E-state index in [9.17, 15) is 39.9 Å². The molecule has 2 aliphatic carbocycles. The quantitative estimate of drug-likeness (QED) is 0.0911. The summed E-state index contributed by atoms with van der Waals surface area (Å²) in [5.74, 6) is -2.42. The lowest BCUT2D eigenvalue weighted by molar-refractivity contribution is 0.0681. The van der Waals surface area contributed by atoms with Gasteiger partial charge in [0.2, 0.25) is 0 Å². The summed E-state index contributed by atoms with van der Waals surface area (Å²) in [4.78, 5) is 39.3. The van der Waals surface area contributed by atoms with E-state index in [-0.39, 0.29) is 62.0 Å². The van der Waals surface area contributed by atoms with Gasteiger partial charge in [0, 0.05) is 62.2 Å². The number of aromatic hydroxyl groups is 2. The lowest BCUT2D eigenvalue weighted by Crippen LogP contribution is -2.18. The summed E-state index contributed by atoms with van der Waals surface area (Å²) in [5.41, 5.74) is 1.15. The number of carboxylic acids is 2. The molecule has 9 rings (SSSR count). The number of aliphatic hydroxyl groups excluding tert-OH is 1. The molecule has 0 spiro atoms. The highest BCUT2D eigenvalue weighted by molar-refractivity contribution is 6.20. The molecule has 2 heterocycles. The maximum atomic E-state index is 13.4. The van der Waals surface area contributed by atoms with Crippen molar-refractivity contribution in [2.24, 2.45) is 0 Å². The van der Waals surface area contributed by atoms with E-state index in [0.717, 1.165) is 0 Å². The summed E-state index contributed by atoms with van der Waals surface area (Å²) < 4.78 is 12.3. The van der Waals surface area contributed by atoms with E-state index in [2.05, 4.69) is 0 Å². The largest absolute Gasteiger partial charge is 0.507 e. The van der Waals surface area contributed by atoms with Crippen LogP contribution >= 0.6 is 0 Å². The molecular formula is C42H24O10. The molecule has 0 saturated carbocycles. The SMILES string of the molecule is O=C(O)c1cc(-c2c3ccc(=O)cc-3oc3cc(O)c4ccccc4c23)c(C(=O)O)cc1C1=C2C=CC(O)C=C2Oc2cc(O)c3ccccc3c21. The van der Waals surface area contributed by atoms with Crippen LogP contribution in [0.1, 0.15) is 31.8 Å². The highest BCUT2D eigenvalue weighted by Crippen LogP contribution is 2.51. The van der Waals surface area contributed by atoms with Crippen LogP contribution in [0.5, 0.6) is 17.2 Å². The highest BCUT2D eigenvalue weighted by atomic mass is 16.5. The van der Waals surface area contributed by atoms with E-state index in [0.29, 0.717) is 54.8 Å². The van der Waals surface area contributed by atoms with Crippen molar-refractivity contribution in [3.63, 3.8) is 0 Å². The van der Waals surface area contributed by atoms with Gasteiger partial charge < -0.3 is 34.7 Å². The maximum Gasteiger partial charge on any atom is 0.336 e. The third-order valence-electron chi connectivity index (χ3n) is 9.61. The fourth-order valence-corrected chi connectivity index (χ4v) is 7.44. The topological polar surface area (TPSA) is 175 Å². The molecule has 5 aromatic carbocycles. The van der Waals surface area contributed by atoms with Crippen molar-refractivity contribution < 1.29 is 44.3 Å². The van der Waals surface area contributed by atoms with E-state index in [1.807, 2.05) is 0 Å². The molecule has 0 amide bonds. The minimum absolute atomic E-state index is 0.0350. The minimum Gasteiger partial charge on any atom is -0.507 e. The second-order valence-electron chi connectivity index (χ2n) is 12.6. The number of rotatable bonds is 4. The molecule has 10 heteroatoms. The average Bonchev–Trinajstić information content (AvgIpc) is 3.12. The second kappa shape index (κ2) is 11.2. The number of phenolic OH excluding ortho intramolecular Hbond substituents is 2. The van der Waals surface area contributed by atoms with Crippen LogP contribution in [0.4, 0.5) is 0 Å². The molecule has 0 fully saturated rings. The molecule has 0 radical (unpaired) electrons. The fourth-order valence-electron chi connectivity index (χ4n) is 7.44. The van der Waals surface area contributed by atoms with Gasteiger partial charge >= 0.3 is 11.9 Å². The maximum absolute atomic E-state index is 13.4. The van der Waals surface area contributed by atoms with Crippen molar-refractivity contribution in [2.75, 3.05) is 0 Å². The van der Waals surface area contributed by atoms with Gasteiger partial charge in [-0.3, -0.25) is 4.79 Å². The number of carboxylic acid groups (broad SMARTS) is 2. The normalized spacial score (nSPS) is 15.1. The van der Waals surface area contributed by atoms with Crippen molar-refractivity contribution in [3.05, 3.63) is 153 Å². The van der Waals surface area contributed by atoms with Crippen molar-refractivity contribution in [3.8, 4) is 39.7 Å². The zero-order valence-electron chi connectivity index (χ0n) is 26.7. The van der Waals surface area contributed by atoms with Crippen LogP contribution in [0.2, 0.25) is 0 Å². The van der Waals surface area contributed by atoms with Crippen LogP contribution < -0.4 is 10.2 Å². The standard InChI is InChI=1S/C42H24O10/c43-19-9-11-25-33(13-19)51-35-17-31(45)21-5-1-3-7-23(21)39(35)37(25)27-15-30(42(49)50)28(16-29(27)41(47)48)38-26-12-10-20(44)14-34(26)52-36-18-32(46)22-6-2-4-8-24(22)40(36)38/h1-19,43,45-46H,(H,47,48)(H,49,50). The third-order valence-corrected chi connectivity index (χ3v) is 9.61. The number of fused-ring (bicyclic) bond motifs is 8. The van der Waals surface area contributed by atoms with Crippen molar-refractivity contribution in [1.82, 2.24) is 0 Å². The van der Waals surface area contributed by atoms with Gasteiger partial charge in [0.25, 0.3) is 0 Å². The Morgan fingerprint density at radius 2 is 1.31 bits per heavy atom. The lowest BCUT2D eigenvalue weighted by Gasteiger charge is -2.29. The van der Waals surface area contributed by atoms with Crippen molar-refractivity contribution in [2.45, 2.75) is 6.10 Å². The number of hydrogen-bond acceptors (Lipinski definition) is 8. The minimum atomic E-state index is -1.36. The van der Waals surface area contributed by atoms with Gasteiger partial charge in [-0.25, -0.2) is 9.59 Å². The highest BCUT2D eigenvalue weighted by Gasteiger charge is 2.34. The zero-order valence-corrected chi connectivity index (χ0v) is 26.7. The molecule has 0 bridgehead atoms. The Kier molecular flexibility index (Phi) is 6.63. The number of aliphatic hydroxyl groups is 1. The Balaban J connectivity index is 1.45. The van der Waals surface area contributed by atoms with Crippen LogP contribution in [0, 0.1) is 0 Å². The number of allylic oxidation sites excluding steroid dienone is 1. The molecule has 4 aliphatic rings. The molecule has 252 valence electrons. The molecule has 5 aromatic rings. The molecule has 2 aliphatic heterocycles. The summed E-state index contributed by atoms with van der Waals surface area (Å²) >= 11 is 0. The van der Waals surface area contributed by atoms with Crippen LogP contribution in [0.25, 0.3) is 60.5 Å². The Morgan fingerprint density at radius 3 is 2.04 bits per heavy atom. The fraction of sp³-hybridized carbons (Fsp3) is 0.0238. The molecule has 52 heavy (non-hydrogen) atoms. The van der Waals surface area contributed by atoms with Crippen LogP contribution in [0.15, 0.2) is 130 Å². The third kappa shape index (κ3) is 4.52. The second-order valence-corrected chi connectivity index (χ2v) is 12.6. The number of hydrogen-bond donors (Lipinski definition) is 5. The summed E-state index contributed by atoms with van der Waals surface area (Å²) in [6.45, 7) is 0. The molecule has 0 aromatic heterocycles. The number of carbonyl (C=O) groups is 2. The van der Waals surface area contributed by atoms with Gasteiger partial charge in [-0.15, -0.1) is 0 Å². The van der Waals surface area contributed by atoms with Gasteiger partial charge in [-0.1, -0.05) is 60.7 Å². The first-order valence-corrected chi connectivity index (χ1v) is 16.1. The molecule has 1 unspecified atom stereocenters. The van der Waals surface area contributed by atoms with Crippen LogP contribution in [-0.2, 0) is 0 Å². The Bertz CT molecular complexity index is 2890.